The minimum absolute atomic E-state index is 0.0405. The van der Waals surface area contributed by atoms with Crippen LogP contribution in [0.2, 0.25) is 5.02 Å². The van der Waals surface area contributed by atoms with Gasteiger partial charge in [0.05, 0.1) is 16.7 Å². The van der Waals surface area contributed by atoms with E-state index >= 15 is 0 Å². The van der Waals surface area contributed by atoms with Crippen molar-refractivity contribution in [1.82, 2.24) is 14.3 Å². The normalized spacial score (nSPS) is 16.7. The Kier molecular flexibility index (Phi) is 5.09. The first kappa shape index (κ1) is 18.9. The first-order valence-electron chi connectivity index (χ1n) is 7.57. The zero-order valence-electron chi connectivity index (χ0n) is 13.3. The summed E-state index contributed by atoms with van der Waals surface area (Å²) in [5.41, 5.74) is -1.26. The molecule has 1 aromatic heterocycles. The van der Waals surface area contributed by atoms with Crippen LogP contribution in [-0.4, -0.2) is 48.9 Å². The minimum atomic E-state index is -4.82. The minimum Gasteiger partial charge on any atom is -0.353 e. The average molecular weight is 407 g/mol. The third-order valence-electron chi connectivity index (χ3n) is 3.98. The molecule has 0 bridgehead atoms. The Morgan fingerprint density at radius 3 is 2.35 bits per heavy atom. The largest absolute Gasteiger partial charge is 0.417 e. The van der Waals surface area contributed by atoms with Crippen molar-refractivity contribution >= 4 is 27.4 Å². The predicted octanol–water partition coefficient (Wildman–Crippen LogP) is 2.66. The predicted molar refractivity (Wildman–Crippen MR) is 89.5 cm³/mol. The van der Waals surface area contributed by atoms with E-state index in [1.165, 1.54) is 12.4 Å². The molecule has 0 radical (unpaired) electrons. The van der Waals surface area contributed by atoms with Gasteiger partial charge in [0.1, 0.15) is 5.82 Å². The molecule has 1 aromatic carbocycles. The van der Waals surface area contributed by atoms with Gasteiger partial charge in [0.2, 0.25) is 10.0 Å². The van der Waals surface area contributed by atoms with Crippen LogP contribution in [0.25, 0.3) is 0 Å². The molecule has 0 amide bonds. The van der Waals surface area contributed by atoms with Crippen LogP contribution in [0.1, 0.15) is 5.56 Å². The number of aromatic nitrogens is 2. The number of benzene rings is 1. The summed E-state index contributed by atoms with van der Waals surface area (Å²) in [4.78, 5) is 9.12. The lowest BCUT2D eigenvalue weighted by molar-refractivity contribution is -0.139. The Hall–Kier alpha value is -1.91. The Labute approximate surface area is 153 Å². The summed E-state index contributed by atoms with van der Waals surface area (Å²) in [5, 5.41) is -0.177. The lowest BCUT2D eigenvalue weighted by Crippen LogP contribution is -2.49. The van der Waals surface area contributed by atoms with Crippen LogP contribution >= 0.6 is 11.6 Å². The molecular formula is C15H14ClF3N4O2S. The first-order chi connectivity index (χ1) is 12.2. The number of hydrogen-bond acceptors (Lipinski definition) is 5. The summed E-state index contributed by atoms with van der Waals surface area (Å²) in [7, 11) is -4.31. The highest BCUT2D eigenvalue weighted by Gasteiger charge is 2.40. The molecule has 0 N–H and O–H groups in total. The van der Waals surface area contributed by atoms with Crippen LogP contribution < -0.4 is 4.90 Å². The van der Waals surface area contributed by atoms with Crippen molar-refractivity contribution in [3.63, 3.8) is 0 Å². The highest BCUT2D eigenvalue weighted by molar-refractivity contribution is 7.89. The summed E-state index contributed by atoms with van der Waals surface area (Å²) < 4.78 is 66.3. The summed E-state index contributed by atoms with van der Waals surface area (Å²) >= 11 is 5.62. The van der Waals surface area contributed by atoms with Crippen molar-refractivity contribution in [2.75, 3.05) is 31.1 Å². The fourth-order valence-corrected chi connectivity index (χ4v) is 4.49. The van der Waals surface area contributed by atoms with E-state index in [2.05, 4.69) is 9.97 Å². The van der Waals surface area contributed by atoms with Crippen LogP contribution in [0.4, 0.5) is 19.0 Å². The van der Waals surface area contributed by atoms with Crippen molar-refractivity contribution in [1.29, 1.82) is 0 Å². The molecule has 0 atom stereocenters. The van der Waals surface area contributed by atoms with Crippen molar-refractivity contribution in [3.05, 3.63) is 47.4 Å². The number of anilines is 1. The SMILES string of the molecule is O=S(=O)(c1ccc(Cl)cc1C(F)(F)F)N1CCN(c2cnccn2)CC1. The zero-order chi connectivity index (χ0) is 18.9. The van der Waals surface area contributed by atoms with E-state index in [1.54, 1.807) is 6.20 Å². The Morgan fingerprint density at radius 1 is 1.08 bits per heavy atom. The number of halogens is 4. The van der Waals surface area contributed by atoms with Gasteiger partial charge in [-0.15, -0.1) is 0 Å². The third-order valence-corrected chi connectivity index (χ3v) is 6.17. The number of alkyl halides is 3. The number of sulfonamides is 1. The molecule has 140 valence electrons. The molecule has 1 fully saturated rings. The van der Waals surface area contributed by atoms with E-state index in [0.717, 1.165) is 16.4 Å². The van der Waals surface area contributed by atoms with Crippen molar-refractivity contribution in [2.24, 2.45) is 0 Å². The fraction of sp³-hybridized carbons (Fsp3) is 0.333. The van der Waals surface area contributed by atoms with Crippen LogP contribution in [0.15, 0.2) is 41.7 Å². The summed E-state index contributed by atoms with van der Waals surface area (Å²) in [5.74, 6) is 0.590. The molecule has 1 aliphatic rings. The van der Waals surface area contributed by atoms with Gasteiger partial charge in [0, 0.05) is 43.6 Å². The van der Waals surface area contributed by atoms with Gasteiger partial charge >= 0.3 is 6.18 Å². The summed E-state index contributed by atoms with van der Waals surface area (Å²) in [6, 6.07) is 2.67. The number of hydrogen-bond donors (Lipinski definition) is 0. The van der Waals surface area contributed by atoms with Crippen LogP contribution in [0, 0.1) is 0 Å². The Bertz CT molecular complexity index is 886. The molecular weight excluding hydrogens is 393 g/mol. The number of rotatable bonds is 3. The molecule has 0 saturated carbocycles. The van der Waals surface area contributed by atoms with Gasteiger partial charge in [-0.05, 0) is 18.2 Å². The van der Waals surface area contributed by atoms with E-state index in [-0.39, 0.29) is 18.1 Å². The second-order valence-electron chi connectivity index (χ2n) is 5.59. The maximum atomic E-state index is 13.2. The fourth-order valence-electron chi connectivity index (χ4n) is 2.70. The van der Waals surface area contributed by atoms with Crippen LogP contribution in [-0.2, 0) is 16.2 Å². The van der Waals surface area contributed by atoms with E-state index in [9.17, 15) is 21.6 Å². The average Bonchev–Trinajstić information content (AvgIpc) is 2.61. The van der Waals surface area contributed by atoms with Gasteiger partial charge in [0.15, 0.2) is 0 Å². The molecule has 0 spiro atoms. The van der Waals surface area contributed by atoms with Gasteiger partial charge in [-0.25, -0.2) is 13.4 Å². The molecule has 2 aromatic rings. The molecule has 6 nitrogen and oxygen atoms in total. The van der Waals surface area contributed by atoms with Crippen molar-refractivity contribution in [3.8, 4) is 0 Å². The monoisotopic (exact) mass is 406 g/mol. The van der Waals surface area contributed by atoms with Crippen LogP contribution in [0.3, 0.4) is 0 Å². The molecule has 26 heavy (non-hydrogen) atoms. The van der Waals surface area contributed by atoms with E-state index in [4.69, 9.17) is 11.6 Å². The molecule has 3 rings (SSSR count). The lowest BCUT2D eigenvalue weighted by atomic mass is 10.2. The second-order valence-corrected chi connectivity index (χ2v) is 7.94. The third kappa shape index (κ3) is 3.76. The second kappa shape index (κ2) is 7.01. The van der Waals surface area contributed by atoms with Gasteiger partial charge in [0.25, 0.3) is 0 Å². The highest BCUT2D eigenvalue weighted by Crippen LogP contribution is 2.37. The van der Waals surface area contributed by atoms with Crippen molar-refractivity contribution < 1.29 is 21.6 Å². The van der Waals surface area contributed by atoms with Crippen molar-refractivity contribution in [2.45, 2.75) is 11.1 Å². The molecule has 2 heterocycles. The Balaban J connectivity index is 1.85. The summed E-state index contributed by atoms with van der Waals surface area (Å²) in [6.45, 7) is 0.678. The van der Waals surface area contributed by atoms with E-state index < -0.39 is 26.7 Å². The molecule has 1 saturated heterocycles. The van der Waals surface area contributed by atoms with Crippen LogP contribution in [0.5, 0.6) is 0 Å². The van der Waals surface area contributed by atoms with E-state index in [0.29, 0.717) is 25.0 Å². The summed E-state index contributed by atoms with van der Waals surface area (Å²) in [6.07, 6.45) is -0.245. The maximum absolute atomic E-state index is 13.2. The van der Waals surface area contributed by atoms with E-state index in [1.807, 2.05) is 4.90 Å². The van der Waals surface area contributed by atoms with Gasteiger partial charge in [-0.3, -0.25) is 4.98 Å². The zero-order valence-corrected chi connectivity index (χ0v) is 14.9. The molecule has 0 unspecified atom stereocenters. The molecule has 0 aliphatic carbocycles. The smallest absolute Gasteiger partial charge is 0.353 e. The number of piperazine rings is 1. The lowest BCUT2D eigenvalue weighted by Gasteiger charge is -2.34. The quantitative estimate of drug-likeness (QED) is 0.784. The standard InChI is InChI=1S/C15H14ClF3N4O2S/c16-11-1-2-13(12(9-11)15(17,18)19)26(24,25)23-7-5-22(6-8-23)14-10-20-3-4-21-14/h1-4,9-10H,5-8H2. The maximum Gasteiger partial charge on any atom is 0.417 e. The first-order valence-corrected chi connectivity index (χ1v) is 9.39. The number of nitrogens with zero attached hydrogens (tertiary/aromatic N) is 4. The topological polar surface area (TPSA) is 66.4 Å². The van der Waals surface area contributed by atoms with Gasteiger partial charge in [-0.1, -0.05) is 11.6 Å². The van der Waals surface area contributed by atoms with Gasteiger partial charge < -0.3 is 4.90 Å². The van der Waals surface area contributed by atoms with Gasteiger partial charge in [-0.2, -0.15) is 17.5 Å². The molecule has 11 heteroatoms. The highest BCUT2D eigenvalue weighted by atomic mass is 35.5. The Morgan fingerprint density at radius 2 is 1.77 bits per heavy atom. The molecule has 1 aliphatic heterocycles.